The number of aliphatic hydroxyl groups is 2. The van der Waals surface area contributed by atoms with Crippen molar-refractivity contribution in [3.8, 4) is 0 Å². The van der Waals surface area contributed by atoms with Crippen molar-refractivity contribution in [2.45, 2.75) is 0 Å². The molecule has 0 radical (unpaired) electrons. The van der Waals surface area contributed by atoms with Gasteiger partial charge in [-0.1, -0.05) is 6.54 Å². The predicted octanol–water partition coefficient (Wildman–Crippen LogP) is -4.65. The maximum absolute atomic E-state index is 10.5. The van der Waals surface area contributed by atoms with E-state index in [1.54, 1.807) is 9.80 Å². The van der Waals surface area contributed by atoms with E-state index in [9.17, 15) is 13.5 Å². The van der Waals surface area contributed by atoms with Gasteiger partial charge in [-0.05, 0) is 13.1 Å². The summed E-state index contributed by atoms with van der Waals surface area (Å²) in [7, 11) is -3.95. The maximum Gasteiger partial charge on any atom is 1.00 e. The Balaban J connectivity index is 0.00000256. The third-order valence-corrected chi connectivity index (χ3v) is 3.15. The molecule has 9 heteroatoms. The van der Waals surface area contributed by atoms with Gasteiger partial charge in [0, 0.05) is 13.1 Å². The van der Waals surface area contributed by atoms with E-state index in [0.29, 0.717) is 19.6 Å². The Hall–Kier alpha value is 0.750. The zero-order valence-electron chi connectivity index (χ0n) is 9.91. The number of hydrogen-bond acceptors (Lipinski definition) is 6. The van der Waals surface area contributed by atoms with Gasteiger partial charge in [-0.25, -0.2) is 0 Å². The van der Waals surface area contributed by atoms with Crippen LogP contribution in [0.2, 0.25) is 0 Å². The van der Waals surface area contributed by atoms with E-state index in [0.717, 1.165) is 0 Å². The molecule has 0 aromatic heterocycles. The van der Waals surface area contributed by atoms with Crippen molar-refractivity contribution in [2.24, 2.45) is 0 Å². The molecule has 1 aliphatic heterocycles. The van der Waals surface area contributed by atoms with Gasteiger partial charge in [-0.3, -0.25) is 4.55 Å². The van der Waals surface area contributed by atoms with Crippen LogP contribution in [0.25, 0.3) is 0 Å². The van der Waals surface area contributed by atoms with Crippen molar-refractivity contribution < 1.29 is 52.7 Å². The second-order valence-corrected chi connectivity index (χ2v) is 5.26. The zero-order chi connectivity index (χ0) is 12.2. The molecule has 0 aromatic rings. The molecule has 1 fully saturated rings. The molecule has 7 nitrogen and oxygen atoms in total. The van der Waals surface area contributed by atoms with Gasteiger partial charge >= 0.3 is 29.6 Å². The molecule has 1 saturated heterocycles. The fourth-order valence-corrected chi connectivity index (χ4v) is 2.06. The molecule has 0 aliphatic carbocycles. The summed E-state index contributed by atoms with van der Waals surface area (Å²) in [5.74, 6) is -0.333. The first kappa shape index (κ1) is 17.8. The van der Waals surface area contributed by atoms with E-state index in [-0.39, 0.29) is 61.2 Å². The molecule has 0 amide bonds. The third kappa shape index (κ3) is 7.04. The van der Waals surface area contributed by atoms with Gasteiger partial charge in [0.25, 0.3) is 10.1 Å². The fraction of sp³-hybridized carbons (Fsp3) is 0.875. The quantitative estimate of drug-likeness (QED) is 0.264. The van der Waals surface area contributed by atoms with Crippen LogP contribution >= 0.6 is 0 Å². The van der Waals surface area contributed by atoms with Crippen molar-refractivity contribution in [3.05, 3.63) is 6.23 Å². The maximum atomic E-state index is 10.5. The Kier molecular flexibility index (Phi) is 8.38. The molecular weight excluding hydrogens is 259 g/mol. The molecule has 0 aromatic carbocycles. The van der Waals surface area contributed by atoms with Gasteiger partial charge in [-0.15, -0.1) is 6.23 Å². The second kappa shape index (κ2) is 8.03. The van der Waals surface area contributed by atoms with Crippen LogP contribution in [-0.4, -0.2) is 78.1 Å². The van der Waals surface area contributed by atoms with Crippen LogP contribution < -0.4 is 29.6 Å². The standard InChI is InChI=1S/C8H17N2O5S.Na/c11-5-3-10-2-1-9(7-8(10)12)4-6-16(13,14)15;/h11-12H,1-7H2,(H,13,14,15);/q-1;+1. The number of nitrogens with zero attached hydrogens (tertiary/aromatic N) is 2. The molecule has 0 bridgehead atoms. The van der Waals surface area contributed by atoms with Gasteiger partial charge in [0.05, 0.1) is 12.4 Å². The summed E-state index contributed by atoms with van der Waals surface area (Å²) in [4.78, 5) is 3.38. The summed E-state index contributed by atoms with van der Waals surface area (Å²) in [6.45, 7) is 1.91. The van der Waals surface area contributed by atoms with Crippen LogP contribution in [0.3, 0.4) is 0 Å². The average molecular weight is 276 g/mol. The van der Waals surface area contributed by atoms with Gasteiger partial charge in [0.15, 0.2) is 0 Å². The molecule has 0 atom stereocenters. The van der Waals surface area contributed by atoms with Crippen molar-refractivity contribution in [3.63, 3.8) is 0 Å². The van der Waals surface area contributed by atoms with Gasteiger partial charge in [-0.2, -0.15) is 8.42 Å². The SMILES string of the molecule is O=S(=O)(O)CCN1CCN(CCO)[C-](O)C1.[Na+]. The molecule has 17 heavy (non-hydrogen) atoms. The number of rotatable bonds is 5. The summed E-state index contributed by atoms with van der Waals surface area (Å²) in [6.07, 6.45) is 0.121. The molecular formula is C8H17N2NaO5S. The van der Waals surface area contributed by atoms with Gasteiger partial charge in [0.2, 0.25) is 0 Å². The van der Waals surface area contributed by atoms with E-state index >= 15 is 0 Å². The predicted molar refractivity (Wildman–Crippen MR) is 56.7 cm³/mol. The Morgan fingerprint density at radius 2 is 1.88 bits per heavy atom. The van der Waals surface area contributed by atoms with Crippen LogP contribution in [0.1, 0.15) is 0 Å². The van der Waals surface area contributed by atoms with Crippen molar-refractivity contribution in [2.75, 3.05) is 45.1 Å². The van der Waals surface area contributed by atoms with E-state index in [2.05, 4.69) is 0 Å². The molecule has 0 saturated carbocycles. The molecule has 0 unspecified atom stereocenters. The molecule has 1 rings (SSSR count). The fourth-order valence-electron chi connectivity index (χ4n) is 1.57. The van der Waals surface area contributed by atoms with Crippen molar-refractivity contribution >= 4 is 10.1 Å². The summed E-state index contributed by atoms with van der Waals surface area (Å²) < 4.78 is 29.7. The minimum absolute atomic E-state index is 0. The Labute approximate surface area is 123 Å². The Morgan fingerprint density at radius 3 is 2.35 bits per heavy atom. The van der Waals surface area contributed by atoms with Crippen molar-refractivity contribution in [1.29, 1.82) is 0 Å². The van der Waals surface area contributed by atoms with E-state index in [4.69, 9.17) is 9.66 Å². The molecule has 3 N–H and O–H groups in total. The van der Waals surface area contributed by atoms with Crippen LogP contribution in [-0.2, 0) is 10.1 Å². The third-order valence-electron chi connectivity index (χ3n) is 2.45. The first-order valence-corrected chi connectivity index (χ1v) is 6.61. The Morgan fingerprint density at radius 1 is 1.24 bits per heavy atom. The Bertz CT molecular complexity index is 313. The zero-order valence-corrected chi connectivity index (χ0v) is 12.7. The first-order chi connectivity index (χ1) is 7.42. The first-order valence-electron chi connectivity index (χ1n) is 5.00. The van der Waals surface area contributed by atoms with Crippen LogP contribution in [0.4, 0.5) is 0 Å². The van der Waals surface area contributed by atoms with Gasteiger partial charge in [0.1, 0.15) is 0 Å². The average Bonchev–Trinajstić information content (AvgIpc) is 2.18. The van der Waals surface area contributed by atoms with Crippen LogP contribution in [0, 0.1) is 6.23 Å². The smallest absolute Gasteiger partial charge is 0.547 e. The number of β-amino-alcohol motifs (C(OH)–C–C–N with tert-alkyl or cyclic N) is 1. The summed E-state index contributed by atoms with van der Waals surface area (Å²) in [6, 6.07) is 0. The summed E-state index contributed by atoms with van der Waals surface area (Å²) >= 11 is 0. The molecule has 1 heterocycles. The number of piperazine rings is 1. The van der Waals surface area contributed by atoms with Crippen molar-refractivity contribution in [1.82, 2.24) is 9.80 Å². The van der Waals surface area contributed by atoms with Gasteiger partial charge < -0.3 is 20.0 Å². The minimum atomic E-state index is -3.95. The van der Waals surface area contributed by atoms with Crippen LogP contribution in [0.5, 0.6) is 0 Å². The monoisotopic (exact) mass is 276 g/mol. The van der Waals surface area contributed by atoms with E-state index < -0.39 is 10.1 Å². The summed E-state index contributed by atoms with van der Waals surface area (Å²) in [5, 5.41) is 18.3. The number of aliphatic hydroxyl groups excluding tert-OH is 2. The molecule has 0 spiro atoms. The topological polar surface area (TPSA) is 101 Å². The van der Waals surface area contributed by atoms with E-state index in [1.165, 1.54) is 0 Å². The molecule has 1 aliphatic rings. The second-order valence-electron chi connectivity index (χ2n) is 3.69. The summed E-state index contributed by atoms with van der Waals surface area (Å²) in [5.41, 5.74) is 0. The van der Waals surface area contributed by atoms with Crippen LogP contribution in [0.15, 0.2) is 0 Å². The number of hydrogen-bond donors (Lipinski definition) is 3. The minimum Gasteiger partial charge on any atom is -0.547 e. The molecule has 96 valence electrons. The largest absolute Gasteiger partial charge is 1.00 e. The van der Waals surface area contributed by atoms with E-state index in [1.807, 2.05) is 0 Å². The normalized spacial score (nSPS) is 20.2.